The largest absolute Gasteiger partial charge is 0.486 e. The van der Waals surface area contributed by atoms with E-state index in [1.165, 1.54) is 0 Å². The molecule has 0 radical (unpaired) electrons. The molecule has 66 valence electrons. The summed E-state index contributed by atoms with van der Waals surface area (Å²) in [5, 5.41) is 0. The van der Waals surface area contributed by atoms with Gasteiger partial charge in [0, 0.05) is 0 Å². The van der Waals surface area contributed by atoms with Gasteiger partial charge in [-0.05, 0) is 28.9 Å². The molecule has 3 heteroatoms. The van der Waals surface area contributed by atoms with E-state index in [2.05, 4.69) is 22.5 Å². The van der Waals surface area contributed by atoms with Crippen molar-refractivity contribution in [3.05, 3.63) is 34.7 Å². The van der Waals surface area contributed by atoms with Crippen LogP contribution in [0.15, 0.2) is 34.7 Å². The topological polar surface area (TPSA) is 18.5 Å². The lowest BCUT2D eigenvalue weighted by molar-refractivity contribution is 0.0763. The van der Waals surface area contributed by atoms with Gasteiger partial charge in [-0.1, -0.05) is 12.7 Å². The van der Waals surface area contributed by atoms with E-state index in [1.54, 1.807) is 6.08 Å². The maximum absolute atomic E-state index is 5.40. The van der Waals surface area contributed by atoms with Gasteiger partial charge in [-0.2, -0.15) is 0 Å². The molecule has 0 aromatic rings. The van der Waals surface area contributed by atoms with E-state index in [4.69, 9.17) is 9.47 Å². The molecular formula is C9H11BrO2. The number of hydrogen-bond donors (Lipinski definition) is 0. The molecule has 0 aromatic carbocycles. The molecule has 0 amide bonds. The molecule has 0 atom stereocenters. The molecule has 2 nitrogen and oxygen atoms in total. The molecule has 1 aliphatic heterocycles. The van der Waals surface area contributed by atoms with Crippen molar-refractivity contribution < 1.29 is 9.47 Å². The molecule has 1 aliphatic rings. The van der Waals surface area contributed by atoms with Gasteiger partial charge in [0.2, 0.25) is 0 Å². The van der Waals surface area contributed by atoms with E-state index in [9.17, 15) is 0 Å². The first kappa shape index (κ1) is 9.39. The van der Waals surface area contributed by atoms with Gasteiger partial charge in [-0.25, -0.2) is 0 Å². The molecular weight excluding hydrogens is 220 g/mol. The Balaban J connectivity index is 2.94. The van der Waals surface area contributed by atoms with Crippen LogP contribution in [-0.2, 0) is 9.47 Å². The van der Waals surface area contributed by atoms with Crippen LogP contribution in [0.1, 0.15) is 6.92 Å². The summed E-state index contributed by atoms with van der Waals surface area (Å²) < 4.78 is 11.6. The van der Waals surface area contributed by atoms with Gasteiger partial charge in [0.1, 0.15) is 13.2 Å². The highest BCUT2D eigenvalue weighted by Gasteiger charge is 2.14. The van der Waals surface area contributed by atoms with Gasteiger partial charge in [-0.15, -0.1) is 0 Å². The van der Waals surface area contributed by atoms with Crippen LogP contribution in [0.3, 0.4) is 0 Å². The SMILES string of the molecule is C=CC1=C(/C(Br)=C\C)OCCO1. The van der Waals surface area contributed by atoms with Crippen molar-refractivity contribution in [1.29, 1.82) is 0 Å². The van der Waals surface area contributed by atoms with Crippen LogP contribution in [0, 0.1) is 0 Å². The molecule has 0 saturated carbocycles. The highest BCUT2D eigenvalue weighted by Crippen LogP contribution is 2.25. The summed E-state index contributed by atoms with van der Waals surface area (Å²) in [6.45, 7) is 6.75. The summed E-state index contributed by atoms with van der Waals surface area (Å²) in [6, 6.07) is 0. The first-order valence-corrected chi connectivity index (χ1v) is 4.53. The Labute approximate surface area is 80.7 Å². The highest BCUT2D eigenvalue weighted by atomic mass is 79.9. The summed E-state index contributed by atoms with van der Waals surface area (Å²) in [6.07, 6.45) is 3.56. The van der Waals surface area contributed by atoms with E-state index < -0.39 is 0 Å². The number of hydrogen-bond acceptors (Lipinski definition) is 2. The van der Waals surface area contributed by atoms with Crippen molar-refractivity contribution >= 4 is 15.9 Å². The maximum atomic E-state index is 5.40. The fourth-order valence-corrected chi connectivity index (χ4v) is 1.21. The summed E-state index contributed by atoms with van der Waals surface area (Å²) in [7, 11) is 0. The zero-order valence-corrected chi connectivity index (χ0v) is 8.56. The van der Waals surface area contributed by atoms with Crippen LogP contribution in [0.5, 0.6) is 0 Å². The lowest BCUT2D eigenvalue weighted by Gasteiger charge is -2.19. The summed E-state index contributed by atoms with van der Waals surface area (Å²) in [5.74, 6) is 1.44. The molecule has 0 spiro atoms. The minimum absolute atomic E-state index is 0.592. The molecule has 0 aromatic heterocycles. The Morgan fingerprint density at radius 3 is 2.75 bits per heavy atom. The van der Waals surface area contributed by atoms with Crippen molar-refractivity contribution in [2.45, 2.75) is 6.92 Å². The van der Waals surface area contributed by atoms with Crippen molar-refractivity contribution in [2.75, 3.05) is 13.2 Å². The van der Waals surface area contributed by atoms with Crippen LogP contribution in [0.25, 0.3) is 0 Å². The molecule has 1 heterocycles. The number of allylic oxidation sites excluding steroid dienone is 3. The van der Waals surface area contributed by atoms with Crippen LogP contribution in [0.4, 0.5) is 0 Å². The van der Waals surface area contributed by atoms with Crippen molar-refractivity contribution in [3.8, 4) is 0 Å². The number of halogens is 1. The summed E-state index contributed by atoms with van der Waals surface area (Å²) in [4.78, 5) is 0. The molecule has 12 heavy (non-hydrogen) atoms. The number of rotatable bonds is 2. The molecule has 0 saturated heterocycles. The minimum Gasteiger partial charge on any atom is -0.486 e. The molecule has 0 unspecified atom stereocenters. The van der Waals surface area contributed by atoms with Gasteiger partial charge in [0.15, 0.2) is 11.5 Å². The Morgan fingerprint density at radius 2 is 2.17 bits per heavy atom. The Hall–Kier alpha value is -0.700. The van der Waals surface area contributed by atoms with E-state index in [0.29, 0.717) is 19.0 Å². The predicted molar refractivity (Wildman–Crippen MR) is 51.8 cm³/mol. The fourth-order valence-electron chi connectivity index (χ4n) is 0.901. The average molecular weight is 231 g/mol. The summed E-state index contributed by atoms with van der Waals surface area (Å²) in [5.41, 5.74) is 0. The van der Waals surface area contributed by atoms with Crippen LogP contribution < -0.4 is 0 Å². The van der Waals surface area contributed by atoms with Crippen molar-refractivity contribution in [1.82, 2.24) is 0 Å². The van der Waals surface area contributed by atoms with Gasteiger partial charge >= 0.3 is 0 Å². The fraction of sp³-hybridized carbons (Fsp3) is 0.333. The van der Waals surface area contributed by atoms with Crippen LogP contribution in [0.2, 0.25) is 0 Å². The third-order valence-corrected chi connectivity index (χ3v) is 2.28. The van der Waals surface area contributed by atoms with E-state index in [0.717, 1.165) is 10.2 Å². The van der Waals surface area contributed by atoms with E-state index >= 15 is 0 Å². The Kier molecular flexibility index (Phi) is 3.41. The lowest BCUT2D eigenvalue weighted by Crippen LogP contribution is -2.12. The normalized spacial score (nSPS) is 18.3. The molecule has 1 rings (SSSR count). The first-order valence-electron chi connectivity index (χ1n) is 3.74. The van der Waals surface area contributed by atoms with Crippen LogP contribution >= 0.6 is 15.9 Å². The molecule has 0 N–H and O–H groups in total. The van der Waals surface area contributed by atoms with Crippen molar-refractivity contribution in [2.24, 2.45) is 0 Å². The Morgan fingerprint density at radius 1 is 1.50 bits per heavy atom. The quantitative estimate of drug-likeness (QED) is 0.727. The van der Waals surface area contributed by atoms with Gasteiger partial charge in [0.25, 0.3) is 0 Å². The molecule has 0 bridgehead atoms. The third-order valence-electron chi connectivity index (χ3n) is 1.47. The van der Waals surface area contributed by atoms with Crippen molar-refractivity contribution in [3.63, 3.8) is 0 Å². The third kappa shape index (κ3) is 1.91. The molecule has 0 fully saturated rings. The summed E-state index contributed by atoms with van der Waals surface area (Å²) >= 11 is 3.37. The van der Waals surface area contributed by atoms with Gasteiger partial charge < -0.3 is 9.47 Å². The predicted octanol–water partition coefficient (Wildman–Crippen LogP) is 2.73. The Bertz CT molecular complexity index is 241. The van der Waals surface area contributed by atoms with E-state index in [1.807, 2.05) is 13.0 Å². The van der Waals surface area contributed by atoms with Crippen LogP contribution in [-0.4, -0.2) is 13.2 Å². The zero-order chi connectivity index (χ0) is 8.97. The maximum Gasteiger partial charge on any atom is 0.175 e. The standard InChI is InChI=1S/C9H11BrO2/c1-3-7(10)9-8(4-2)11-5-6-12-9/h3-4H,2,5-6H2,1H3/b7-3+. The number of ether oxygens (including phenoxy) is 2. The molecule has 0 aliphatic carbocycles. The minimum atomic E-state index is 0.592. The van der Waals surface area contributed by atoms with Gasteiger partial charge in [-0.3, -0.25) is 0 Å². The second kappa shape index (κ2) is 4.36. The second-order valence-corrected chi connectivity index (χ2v) is 3.09. The zero-order valence-electron chi connectivity index (χ0n) is 6.97. The first-order chi connectivity index (χ1) is 5.79. The monoisotopic (exact) mass is 230 g/mol. The highest BCUT2D eigenvalue weighted by molar-refractivity contribution is 9.11. The average Bonchev–Trinajstić information content (AvgIpc) is 2.16. The second-order valence-electron chi connectivity index (χ2n) is 2.23. The van der Waals surface area contributed by atoms with E-state index in [-0.39, 0.29) is 0 Å². The smallest absolute Gasteiger partial charge is 0.175 e. The lowest BCUT2D eigenvalue weighted by atomic mass is 10.3. The van der Waals surface area contributed by atoms with Gasteiger partial charge in [0.05, 0.1) is 4.48 Å².